The molecule has 0 bridgehead atoms. The van der Waals surface area contributed by atoms with Gasteiger partial charge in [0.1, 0.15) is 16.9 Å². The summed E-state index contributed by atoms with van der Waals surface area (Å²) < 4.78 is 11.2. The maximum Gasteiger partial charge on any atom is 0.343 e. The van der Waals surface area contributed by atoms with Crippen LogP contribution in [0.4, 0.5) is 0 Å². The van der Waals surface area contributed by atoms with Crippen molar-refractivity contribution in [3.63, 3.8) is 0 Å². The summed E-state index contributed by atoms with van der Waals surface area (Å²) in [6, 6.07) is 23.7. The van der Waals surface area contributed by atoms with Gasteiger partial charge in [-0.25, -0.2) is 4.79 Å². The van der Waals surface area contributed by atoms with Crippen LogP contribution < -0.4 is 4.74 Å². The molecule has 0 amide bonds. The second kappa shape index (κ2) is 7.67. The molecule has 0 aliphatic heterocycles. The van der Waals surface area contributed by atoms with Crippen molar-refractivity contribution in [3.8, 4) is 28.0 Å². The van der Waals surface area contributed by atoms with Gasteiger partial charge in [0.05, 0.1) is 7.11 Å². The van der Waals surface area contributed by atoms with Crippen molar-refractivity contribution in [2.75, 3.05) is 7.11 Å². The van der Waals surface area contributed by atoms with Crippen molar-refractivity contribution in [1.82, 2.24) is 0 Å². The van der Waals surface area contributed by atoms with Gasteiger partial charge in [-0.2, -0.15) is 0 Å². The van der Waals surface area contributed by atoms with Gasteiger partial charge in [0, 0.05) is 5.56 Å². The smallest absolute Gasteiger partial charge is 0.343 e. The van der Waals surface area contributed by atoms with E-state index in [1.807, 2.05) is 93.6 Å². The van der Waals surface area contributed by atoms with Crippen LogP contribution in [0.1, 0.15) is 31.1 Å². The van der Waals surface area contributed by atoms with Crippen molar-refractivity contribution >= 4 is 5.97 Å². The normalized spacial score (nSPS) is 11.1. The maximum atomic E-state index is 13.1. The van der Waals surface area contributed by atoms with Gasteiger partial charge in [0.15, 0.2) is 0 Å². The van der Waals surface area contributed by atoms with E-state index in [0.717, 1.165) is 22.3 Å². The van der Waals surface area contributed by atoms with Crippen LogP contribution in [0.2, 0.25) is 0 Å². The Balaban J connectivity index is 2.31. The van der Waals surface area contributed by atoms with Crippen LogP contribution >= 0.6 is 0 Å². The van der Waals surface area contributed by atoms with E-state index >= 15 is 0 Å². The molecule has 0 aliphatic carbocycles. The highest BCUT2D eigenvalue weighted by atomic mass is 16.6. The first kappa shape index (κ1) is 18.7. The first-order chi connectivity index (χ1) is 12.9. The van der Waals surface area contributed by atoms with Crippen molar-refractivity contribution in [2.24, 2.45) is 0 Å². The molecule has 0 fully saturated rings. The molecular weight excluding hydrogens is 336 g/mol. The zero-order valence-corrected chi connectivity index (χ0v) is 16.2. The van der Waals surface area contributed by atoms with E-state index < -0.39 is 11.6 Å². The number of hydrogen-bond acceptors (Lipinski definition) is 3. The number of esters is 1. The summed E-state index contributed by atoms with van der Waals surface area (Å²) in [6.45, 7) is 5.59. The number of rotatable bonds is 4. The molecule has 0 aromatic heterocycles. The van der Waals surface area contributed by atoms with Crippen LogP contribution in [0.25, 0.3) is 22.3 Å². The molecule has 0 heterocycles. The summed E-state index contributed by atoms with van der Waals surface area (Å²) in [5, 5.41) is 0. The number of carbonyl (C=O) groups is 1. The fraction of sp³-hybridized carbons (Fsp3) is 0.208. The maximum absolute atomic E-state index is 13.1. The first-order valence-corrected chi connectivity index (χ1v) is 8.96. The molecule has 0 spiro atoms. The Morgan fingerprint density at radius 1 is 0.778 bits per heavy atom. The van der Waals surface area contributed by atoms with Gasteiger partial charge in [0.25, 0.3) is 0 Å². The molecule has 138 valence electrons. The largest absolute Gasteiger partial charge is 0.496 e. The summed E-state index contributed by atoms with van der Waals surface area (Å²) in [7, 11) is 1.57. The predicted molar refractivity (Wildman–Crippen MR) is 109 cm³/mol. The number of methoxy groups -OCH3 is 1. The molecule has 0 saturated heterocycles. The van der Waals surface area contributed by atoms with E-state index in [9.17, 15) is 4.79 Å². The Morgan fingerprint density at radius 3 is 1.85 bits per heavy atom. The van der Waals surface area contributed by atoms with Crippen LogP contribution in [0.5, 0.6) is 5.75 Å². The third-order valence-corrected chi connectivity index (χ3v) is 4.14. The third-order valence-electron chi connectivity index (χ3n) is 4.14. The second-order valence-corrected chi connectivity index (χ2v) is 7.30. The minimum atomic E-state index is -0.598. The quantitative estimate of drug-likeness (QED) is 0.537. The van der Waals surface area contributed by atoms with E-state index in [2.05, 4.69) is 0 Å². The number of benzene rings is 3. The van der Waals surface area contributed by atoms with Crippen LogP contribution in [0, 0.1) is 0 Å². The van der Waals surface area contributed by atoms with Crippen molar-refractivity contribution in [2.45, 2.75) is 26.4 Å². The topological polar surface area (TPSA) is 35.5 Å². The molecule has 0 atom stereocenters. The zero-order chi connectivity index (χ0) is 19.4. The average molecular weight is 360 g/mol. The molecule has 0 saturated carbocycles. The van der Waals surface area contributed by atoms with Gasteiger partial charge in [0.2, 0.25) is 0 Å². The van der Waals surface area contributed by atoms with Crippen LogP contribution in [0.15, 0.2) is 72.8 Å². The van der Waals surface area contributed by atoms with E-state index in [4.69, 9.17) is 9.47 Å². The van der Waals surface area contributed by atoms with Gasteiger partial charge in [-0.3, -0.25) is 0 Å². The minimum Gasteiger partial charge on any atom is -0.496 e. The molecule has 0 radical (unpaired) electrons. The lowest BCUT2D eigenvalue weighted by Gasteiger charge is -2.23. The fourth-order valence-corrected chi connectivity index (χ4v) is 3.05. The van der Waals surface area contributed by atoms with E-state index in [-0.39, 0.29) is 0 Å². The Kier molecular flexibility index (Phi) is 5.31. The van der Waals surface area contributed by atoms with Gasteiger partial charge < -0.3 is 9.47 Å². The highest BCUT2D eigenvalue weighted by Crippen LogP contribution is 2.40. The molecule has 3 nitrogen and oxygen atoms in total. The number of ether oxygens (including phenoxy) is 2. The fourth-order valence-electron chi connectivity index (χ4n) is 3.05. The zero-order valence-electron chi connectivity index (χ0n) is 16.2. The summed E-state index contributed by atoms with van der Waals surface area (Å²) in [6.07, 6.45) is 0. The lowest BCUT2D eigenvalue weighted by Crippen LogP contribution is -2.24. The number of hydrogen-bond donors (Lipinski definition) is 0. The van der Waals surface area contributed by atoms with E-state index in [1.165, 1.54) is 0 Å². The van der Waals surface area contributed by atoms with Crippen molar-refractivity contribution in [3.05, 3.63) is 78.4 Å². The van der Waals surface area contributed by atoms with Gasteiger partial charge >= 0.3 is 5.97 Å². The first-order valence-electron chi connectivity index (χ1n) is 8.96. The summed E-state index contributed by atoms with van der Waals surface area (Å²) in [5.41, 5.74) is 3.59. The second-order valence-electron chi connectivity index (χ2n) is 7.30. The van der Waals surface area contributed by atoms with Gasteiger partial charge in [-0.15, -0.1) is 0 Å². The van der Waals surface area contributed by atoms with Crippen LogP contribution in [0.3, 0.4) is 0 Å². The highest BCUT2D eigenvalue weighted by molar-refractivity contribution is 6.04. The molecule has 27 heavy (non-hydrogen) atoms. The van der Waals surface area contributed by atoms with Crippen molar-refractivity contribution < 1.29 is 14.3 Å². The number of carbonyl (C=O) groups excluding carboxylic acids is 1. The molecule has 0 N–H and O–H groups in total. The SMILES string of the molecule is COc1ccc(-c2ccccc2)c(-c2ccccc2)c1C(=O)OC(C)(C)C. The summed E-state index contributed by atoms with van der Waals surface area (Å²) in [5.74, 6) is 0.110. The highest BCUT2D eigenvalue weighted by Gasteiger charge is 2.27. The molecule has 0 aliphatic rings. The lowest BCUT2D eigenvalue weighted by atomic mass is 9.89. The standard InChI is InChI=1S/C24H24O3/c1-24(2,3)27-23(25)22-20(26-4)16-15-19(17-11-7-5-8-12-17)21(22)18-13-9-6-10-14-18/h5-16H,1-4H3. The van der Waals surface area contributed by atoms with Crippen LogP contribution in [-0.4, -0.2) is 18.7 Å². The Bertz CT molecular complexity index is 923. The van der Waals surface area contributed by atoms with Crippen molar-refractivity contribution in [1.29, 1.82) is 0 Å². The molecular formula is C24H24O3. The molecule has 3 rings (SSSR count). The van der Waals surface area contributed by atoms with E-state index in [1.54, 1.807) is 7.11 Å². The monoisotopic (exact) mass is 360 g/mol. The summed E-state index contributed by atoms with van der Waals surface area (Å²) in [4.78, 5) is 13.1. The Hall–Kier alpha value is -3.07. The predicted octanol–water partition coefficient (Wildman–Crippen LogP) is 5.98. The average Bonchev–Trinajstić information content (AvgIpc) is 2.66. The molecule has 3 heteroatoms. The molecule has 0 unspecified atom stereocenters. The molecule has 3 aromatic rings. The van der Waals surface area contributed by atoms with Crippen LogP contribution in [-0.2, 0) is 4.74 Å². The molecule has 3 aromatic carbocycles. The van der Waals surface area contributed by atoms with E-state index in [0.29, 0.717) is 11.3 Å². The lowest BCUT2D eigenvalue weighted by molar-refractivity contribution is 0.00675. The Labute approximate surface area is 160 Å². The third kappa shape index (κ3) is 4.20. The summed E-state index contributed by atoms with van der Waals surface area (Å²) >= 11 is 0. The minimum absolute atomic E-state index is 0.393. The Morgan fingerprint density at radius 2 is 1.33 bits per heavy atom. The van der Waals surface area contributed by atoms with Gasteiger partial charge in [-0.05, 0) is 43.5 Å². The van der Waals surface area contributed by atoms with Gasteiger partial charge in [-0.1, -0.05) is 66.7 Å².